The number of sulfonamides is 1. The lowest BCUT2D eigenvalue weighted by molar-refractivity contribution is -0.384. The van der Waals surface area contributed by atoms with Crippen LogP contribution >= 0.6 is 0 Å². The fourth-order valence-corrected chi connectivity index (χ4v) is 3.86. The van der Waals surface area contributed by atoms with Crippen LogP contribution in [0.3, 0.4) is 0 Å². The summed E-state index contributed by atoms with van der Waals surface area (Å²) in [6, 6.07) is 9.18. The number of non-ortho nitro benzene ring substituents is 1. The largest absolute Gasteiger partial charge is 0.490 e. The second-order valence-corrected chi connectivity index (χ2v) is 8.76. The van der Waals surface area contributed by atoms with Gasteiger partial charge in [-0.15, -0.1) is 0 Å². The van der Waals surface area contributed by atoms with Crippen LogP contribution in [0.1, 0.15) is 13.8 Å². The fourth-order valence-electron chi connectivity index (χ4n) is 2.81. The van der Waals surface area contributed by atoms with E-state index in [1.165, 1.54) is 17.0 Å². The third kappa shape index (κ3) is 3.63. The number of nitro groups is 1. The number of nitro benzene ring substituents is 1. The summed E-state index contributed by atoms with van der Waals surface area (Å²) >= 11 is 0. The number of benzene rings is 2. The van der Waals surface area contributed by atoms with Crippen molar-refractivity contribution < 1.29 is 22.9 Å². The van der Waals surface area contributed by atoms with E-state index in [0.29, 0.717) is 11.4 Å². The van der Waals surface area contributed by atoms with Crippen molar-refractivity contribution in [3.63, 3.8) is 0 Å². The number of amides is 1. The highest BCUT2D eigenvalue weighted by atomic mass is 32.2. The number of nitrogens with one attached hydrogen (secondary N) is 1. The lowest BCUT2D eigenvalue weighted by atomic mass is 9.93. The molecule has 1 N–H and O–H groups in total. The molecule has 1 heterocycles. The van der Waals surface area contributed by atoms with E-state index in [-0.39, 0.29) is 28.8 Å². The van der Waals surface area contributed by atoms with Crippen LogP contribution in [0.2, 0.25) is 0 Å². The predicted octanol–water partition coefficient (Wildman–Crippen LogP) is 2.78. The average molecular weight is 405 g/mol. The van der Waals surface area contributed by atoms with Crippen molar-refractivity contribution in [2.45, 2.75) is 18.7 Å². The highest BCUT2D eigenvalue weighted by Gasteiger charge is 2.36. The van der Waals surface area contributed by atoms with Crippen LogP contribution in [0.5, 0.6) is 5.75 Å². The van der Waals surface area contributed by atoms with Gasteiger partial charge in [0.2, 0.25) is 5.91 Å². The predicted molar refractivity (Wildman–Crippen MR) is 103 cm³/mol. The highest BCUT2D eigenvalue weighted by Crippen LogP contribution is 2.37. The van der Waals surface area contributed by atoms with Crippen LogP contribution in [0.15, 0.2) is 47.4 Å². The lowest BCUT2D eigenvalue weighted by Gasteiger charge is -2.24. The molecule has 0 aliphatic carbocycles. The second kappa shape index (κ2) is 6.79. The van der Waals surface area contributed by atoms with Gasteiger partial charge in [0.15, 0.2) is 0 Å². The van der Waals surface area contributed by atoms with Gasteiger partial charge in [0.25, 0.3) is 15.7 Å². The first-order valence-electron chi connectivity index (χ1n) is 8.33. The minimum Gasteiger partial charge on any atom is -0.490 e. The summed E-state index contributed by atoms with van der Waals surface area (Å²) in [5, 5.41) is 10.7. The topological polar surface area (TPSA) is 119 Å². The molecule has 0 aromatic heterocycles. The van der Waals surface area contributed by atoms with Gasteiger partial charge in [-0.2, -0.15) is 0 Å². The van der Waals surface area contributed by atoms with Gasteiger partial charge in [-0.05, 0) is 44.2 Å². The van der Waals surface area contributed by atoms with E-state index < -0.39 is 20.4 Å². The van der Waals surface area contributed by atoms with Crippen molar-refractivity contribution in [3.8, 4) is 5.75 Å². The molecule has 1 aliphatic heterocycles. The Hall–Kier alpha value is -3.14. The number of carbonyl (C=O) groups is 1. The molecular weight excluding hydrogens is 386 g/mol. The summed E-state index contributed by atoms with van der Waals surface area (Å²) < 4.78 is 33.3. The van der Waals surface area contributed by atoms with Crippen LogP contribution in [0.4, 0.5) is 17.1 Å². The van der Waals surface area contributed by atoms with Crippen LogP contribution in [-0.2, 0) is 14.8 Å². The first-order valence-corrected chi connectivity index (χ1v) is 9.82. The minimum absolute atomic E-state index is 0.116. The van der Waals surface area contributed by atoms with Gasteiger partial charge in [-0.3, -0.25) is 19.6 Å². The highest BCUT2D eigenvalue weighted by molar-refractivity contribution is 7.92. The number of fused-ring (bicyclic) bond motifs is 1. The van der Waals surface area contributed by atoms with E-state index in [2.05, 4.69) is 4.72 Å². The van der Waals surface area contributed by atoms with Gasteiger partial charge in [0.05, 0.1) is 26.6 Å². The quantitative estimate of drug-likeness (QED) is 0.617. The maximum atomic E-state index is 12.6. The van der Waals surface area contributed by atoms with Crippen LogP contribution in [0, 0.1) is 15.5 Å². The van der Waals surface area contributed by atoms with E-state index in [4.69, 9.17) is 4.74 Å². The summed E-state index contributed by atoms with van der Waals surface area (Å²) in [7, 11) is -2.36. The molecule has 28 heavy (non-hydrogen) atoms. The van der Waals surface area contributed by atoms with Gasteiger partial charge in [0, 0.05) is 19.2 Å². The van der Waals surface area contributed by atoms with Crippen LogP contribution in [-0.4, -0.2) is 32.9 Å². The third-order valence-corrected chi connectivity index (χ3v) is 5.80. The zero-order chi connectivity index (χ0) is 20.7. The molecule has 10 heteroatoms. The molecule has 0 saturated carbocycles. The summed E-state index contributed by atoms with van der Waals surface area (Å²) in [4.78, 5) is 24.0. The number of hydrogen-bond donors (Lipinski definition) is 1. The number of ether oxygens (including phenoxy) is 1. The number of hydrogen-bond acceptors (Lipinski definition) is 6. The average Bonchev–Trinajstić information content (AvgIpc) is 2.72. The molecular formula is C18H19N3O6S. The monoisotopic (exact) mass is 405 g/mol. The fraction of sp³-hybridized carbons (Fsp3) is 0.278. The Balaban J connectivity index is 1.91. The van der Waals surface area contributed by atoms with Crippen molar-refractivity contribution >= 4 is 33.0 Å². The maximum Gasteiger partial charge on any atom is 0.269 e. The van der Waals surface area contributed by atoms with Crippen LogP contribution in [0.25, 0.3) is 0 Å². The molecule has 0 atom stereocenters. The molecule has 0 radical (unpaired) electrons. The molecule has 9 nitrogen and oxygen atoms in total. The summed E-state index contributed by atoms with van der Waals surface area (Å²) in [6.45, 7) is 3.75. The molecule has 0 saturated heterocycles. The molecule has 3 rings (SSSR count). The minimum atomic E-state index is -3.96. The number of carbonyl (C=O) groups excluding carboxylic acids is 1. The van der Waals surface area contributed by atoms with Gasteiger partial charge in [-0.25, -0.2) is 8.42 Å². The lowest BCUT2D eigenvalue weighted by Crippen LogP contribution is -2.39. The van der Waals surface area contributed by atoms with Crippen molar-refractivity contribution in [2.24, 2.45) is 5.41 Å². The molecule has 0 bridgehead atoms. The summed E-state index contributed by atoms with van der Waals surface area (Å²) in [5.41, 5.74) is -0.241. The first kappa shape index (κ1) is 19.6. The Kier molecular flexibility index (Phi) is 4.76. The van der Waals surface area contributed by atoms with Crippen molar-refractivity contribution in [3.05, 3.63) is 52.6 Å². The molecule has 0 unspecified atom stereocenters. The molecule has 148 valence electrons. The Bertz CT molecular complexity index is 1050. The van der Waals surface area contributed by atoms with Gasteiger partial charge in [-0.1, -0.05) is 0 Å². The standard InChI is InChI=1S/C18H19N3O6S/c1-18(2)11-27-16-9-4-12(10-15(16)20(3)17(18)22)19-28(25,26)14-7-5-13(6-8-14)21(23)24/h4-10,19H,11H2,1-3H3. The van der Waals surface area contributed by atoms with E-state index in [0.717, 1.165) is 24.3 Å². The van der Waals surface area contributed by atoms with Crippen molar-refractivity contribution in [2.75, 3.05) is 23.3 Å². The molecule has 1 amide bonds. The second-order valence-electron chi connectivity index (χ2n) is 7.08. The first-order chi connectivity index (χ1) is 13.0. The number of rotatable bonds is 4. The summed E-state index contributed by atoms with van der Waals surface area (Å²) in [5.74, 6) is 0.321. The Labute approximate surface area is 162 Å². The molecule has 1 aliphatic rings. The zero-order valence-electron chi connectivity index (χ0n) is 15.5. The van der Waals surface area contributed by atoms with Gasteiger partial charge >= 0.3 is 0 Å². The zero-order valence-corrected chi connectivity index (χ0v) is 16.3. The van der Waals surface area contributed by atoms with E-state index in [1.807, 2.05) is 0 Å². The number of nitrogens with zero attached hydrogens (tertiary/aromatic N) is 2. The maximum absolute atomic E-state index is 12.6. The molecule has 0 fully saturated rings. The SMILES string of the molecule is CN1C(=O)C(C)(C)COc2ccc(NS(=O)(=O)c3ccc([N+](=O)[O-])cc3)cc21. The van der Waals surface area contributed by atoms with E-state index >= 15 is 0 Å². The summed E-state index contributed by atoms with van der Waals surface area (Å²) in [6.07, 6.45) is 0. The molecule has 2 aromatic carbocycles. The Morgan fingerprint density at radius 3 is 2.43 bits per heavy atom. The van der Waals surface area contributed by atoms with Crippen LogP contribution < -0.4 is 14.4 Å². The Morgan fingerprint density at radius 1 is 1.18 bits per heavy atom. The van der Waals surface area contributed by atoms with Crippen molar-refractivity contribution in [1.82, 2.24) is 0 Å². The molecule has 2 aromatic rings. The van der Waals surface area contributed by atoms with Gasteiger partial charge in [0.1, 0.15) is 12.4 Å². The van der Waals surface area contributed by atoms with E-state index in [9.17, 15) is 23.3 Å². The third-order valence-electron chi connectivity index (χ3n) is 4.40. The van der Waals surface area contributed by atoms with Gasteiger partial charge < -0.3 is 9.64 Å². The smallest absolute Gasteiger partial charge is 0.269 e. The number of anilines is 2. The Morgan fingerprint density at radius 2 is 1.82 bits per heavy atom. The normalized spacial score (nSPS) is 16.0. The molecule has 0 spiro atoms. The van der Waals surface area contributed by atoms with E-state index in [1.54, 1.807) is 27.0 Å². The van der Waals surface area contributed by atoms with Crippen molar-refractivity contribution in [1.29, 1.82) is 0 Å².